The van der Waals surface area contributed by atoms with E-state index in [2.05, 4.69) is 9.71 Å². The molecule has 0 saturated carbocycles. The van der Waals surface area contributed by atoms with Crippen LogP contribution in [-0.4, -0.2) is 38.5 Å². The SMILES string of the molecule is COC(=O)C[C@H](Cc1ccc(O)cc1)NC1=NS(=O)(=O)c2ccccc21. The van der Waals surface area contributed by atoms with Crippen LogP contribution in [0.3, 0.4) is 0 Å². The van der Waals surface area contributed by atoms with Gasteiger partial charge in [-0.25, -0.2) is 0 Å². The number of carbonyl (C=O) groups is 1. The van der Waals surface area contributed by atoms with Crippen molar-refractivity contribution in [3.05, 3.63) is 59.7 Å². The van der Waals surface area contributed by atoms with Gasteiger partial charge >= 0.3 is 5.97 Å². The van der Waals surface area contributed by atoms with Crippen LogP contribution in [0.5, 0.6) is 5.75 Å². The second-order valence-electron chi connectivity index (χ2n) is 5.90. The summed E-state index contributed by atoms with van der Waals surface area (Å²) >= 11 is 0. The predicted molar refractivity (Wildman–Crippen MR) is 95.5 cm³/mol. The Kier molecular flexibility index (Phi) is 4.94. The molecule has 2 aromatic carbocycles. The van der Waals surface area contributed by atoms with E-state index in [4.69, 9.17) is 4.74 Å². The lowest BCUT2D eigenvalue weighted by Crippen LogP contribution is -2.38. The molecule has 1 aliphatic heterocycles. The number of amidine groups is 1. The number of nitrogens with one attached hydrogen (secondary N) is 1. The third kappa shape index (κ3) is 3.85. The minimum atomic E-state index is -3.74. The Morgan fingerprint density at radius 1 is 1.19 bits per heavy atom. The van der Waals surface area contributed by atoms with Crippen molar-refractivity contribution >= 4 is 21.8 Å². The van der Waals surface area contributed by atoms with Crippen LogP contribution >= 0.6 is 0 Å². The van der Waals surface area contributed by atoms with Gasteiger partial charge in [0.2, 0.25) is 0 Å². The summed E-state index contributed by atoms with van der Waals surface area (Å²) in [6, 6.07) is 12.7. The number of benzene rings is 2. The molecular weight excluding hydrogens is 356 g/mol. The Hall–Kier alpha value is -2.87. The monoisotopic (exact) mass is 374 g/mol. The number of phenolic OH excluding ortho intramolecular Hbond substituents is 1. The summed E-state index contributed by atoms with van der Waals surface area (Å²) in [6.45, 7) is 0. The van der Waals surface area contributed by atoms with Crippen LogP contribution in [-0.2, 0) is 26.0 Å². The highest BCUT2D eigenvalue weighted by Crippen LogP contribution is 2.25. The standard InChI is InChI=1S/C18H18N2O5S/c1-25-17(22)11-13(10-12-6-8-14(21)9-7-12)19-18-15-4-2-3-5-16(15)26(23,24)20-18/h2-9,13,21H,10-11H2,1H3,(H,19,20)/t13-/m0/s1. The maximum absolute atomic E-state index is 12.2. The molecule has 1 aliphatic rings. The molecule has 0 unspecified atom stereocenters. The predicted octanol–water partition coefficient (Wildman–Crippen LogP) is 1.61. The van der Waals surface area contributed by atoms with Gasteiger partial charge in [0.05, 0.1) is 13.5 Å². The molecule has 1 atom stereocenters. The Labute approximate surface area is 151 Å². The molecule has 0 saturated heterocycles. The van der Waals surface area contributed by atoms with E-state index < -0.39 is 22.0 Å². The number of hydrogen-bond acceptors (Lipinski definition) is 6. The van der Waals surface area contributed by atoms with Crippen LogP contribution in [0.25, 0.3) is 0 Å². The highest BCUT2D eigenvalue weighted by atomic mass is 32.2. The maximum atomic E-state index is 12.2. The van der Waals surface area contributed by atoms with Gasteiger partial charge in [-0.05, 0) is 36.2 Å². The zero-order valence-electron chi connectivity index (χ0n) is 14.0. The first kappa shape index (κ1) is 17.9. The lowest BCUT2D eigenvalue weighted by atomic mass is 10.0. The molecule has 8 heteroatoms. The number of sulfonamides is 1. The highest BCUT2D eigenvalue weighted by molar-refractivity contribution is 7.90. The van der Waals surface area contributed by atoms with Crippen molar-refractivity contribution in [1.29, 1.82) is 0 Å². The van der Waals surface area contributed by atoms with Crippen molar-refractivity contribution in [2.45, 2.75) is 23.8 Å². The minimum Gasteiger partial charge on any atom is -0.508 e. The first-order valence-corrected chi connectivity index (χ1v) is 9.38. The van der Waals surface area contributed by atoms with Gasteiger partial charge < -0.3 is 15.2 Å². The number of ether oxygens (including phenoxy) is 1. The topological polar surface area (TPSA) is 105 Å². The maximum Gasteiger partial charge on any atom is 0.307 e. The zero-order chi connectivity index (χ0) is 18.7. The van der Waals surface area contributed by atoms with Crippen molar-refractivity contribution in [2.24, 2.45) is 4.40 Å². The average Bonchev–Trinajstić information content (AvgIpc) is 2.87. The number of nitrogens with zero attached hydrogens (tertiary/aromatic N) is 1. The summed E-state index contributed by atoms with van der Waals surface area (Å²) in [4.78, 5) is 11.9. The van der Waals surface area contributed by atoms with Gasteiger partial charge in [-0.15, -0.1) is 4.40 Å². The van der Waals surface area contributed by atoms with Gasteiger partial charge in [0, 0.05) is 11.6 Å². The molecule has 0 radical (unpaired) electrons. The fourth-order valence-corrected chi connectivity index (χ4v) is 3.96. The van der Waals surface area contributed by atoms with Crippen molar-refractivity contribution in [2.75, 3.05) is 7.11 Å². The molecule has 1 heterocycles. The zero-order valence-corrected chi connectivity index (χ0v) is 14.9. The average molecular weight is 374 g/mol. The molecule has 3 rings (SSSR count). The van der Waals surface area contributed by atoms with E-state index in [9.17, 15) is 18.3 Å². The highest BCUT2D eigenvalue weighted by Gasteiger charge is 2.30. The fourth-order valence-electron chi connectivity index (χ4n) is 2.78. The summed E-state index contributed by atoms with van der Waals surface area (Å²) in [5, 5.41) is 12.5. The first-order chi connectivity index (χ1) is 12.4. The Balaban J connectivity index is 1.86. The number of rotatable bonds is 5. The molecular formula is C18H18N2O5S. The fraction of sp³-hybridized carbons (Fsp3) is 0.222. The van der Waals surface area contributed by atoms with Crippen LogP contribution in [0.1, 0.15) is 17.5 Å². The molecule has 0 aromatic heterocycles. The van der Waals surface area contributed by atoms with E-state index in [-0.39, 0.29) is 22.9 Å². The van der Waals surface area contributed by atoms with Crippen molar-refractivity contribution in [3.8, 4) is 5.75 Å². The second kappa shape index (κ2) is 7.17. The van der Waals surface area contributed by atoms with Crippen LogP contribution in [0, 0.1) is 0 Å². The van der Waals surface area contributed by atoms with E-state index in [1.165, 1.54) is 13.2 Å². The molecule has 0 amide bonds. The van der Waals surface area contributed by atoms with Crippen molar-refractivity contribution in [1.82, 2.24) is 5.32 Å². The van der Waals surface area contributed by atoms with E-state index in [0.717, 1.165) is 5.56 Å². The Morgan fingerprint density at radius 3 is 2.58 bits per heavy atom. The molecule has 7 nitrogen and oxygen atoms in total. The quantitative estimate of drug-likeness (QED) is 0.771. The lowest BCUT2D eigenvalue weighted by molar-refractivity contribution is -0.141. The van der Waals surface area contributed by atoms with Gasteiger partial charge in [-0.1, -0.05) is 24.3 Å². The molecule has 0 fully saturated rings. The number of aromatic hydroxyl groups is 1. The second-order valence-corrected chi connectivity index (χ2v) is 7.48. The summed E-state index contributed by atoms with van der Waals surface area (Å²) in [7, 11) is -2.44. The molecule has 136 valence electrons. The lowest BCUT2D eigenvalue weighted by Gasteiger charge is -2.19. The minimum absolute atomic E-state index is 0.0403. The van der Waals surface area contributed by atoms with Crippen LogP contribution < -0.4 is 5.32 Å². The molecule has 2 aromatic rings. The van der Waals surface area contributed by atoms with Gasteiger partial charge in [0.25, 0.3) is 10.0 Å². The molecule has 2 N–H and O–H groups in total. The van der Waals surface area contributed by atoms with E-state index in [1.54, 1.807) is 42.5 Å². The normalized spacial score (nSPS) is 15.7. The van der Waals surface area contributed by atoms with Gasteiger partial charge in [0.1, 0.15) is 16.5 Å². The van der Waals surface area contributed by atoms with E-state index >= 15 is 0 Å². The summed E-state index contributed by atoms with van der Waals surface area (Å²) in [6.07, 6.45) is 0.467. The van der Waals surface area contributed by atoms with Crippen LogP contribution in [0.2, 0.25) is 0 Å². The van der Waals surface area contributed by atoms with E-state index in [0.29, 0.717) is 12.0 Å². The molecule has 0 spiro atoms. The van der Waals surface area contributed by atoms with Crippen LogP contribution in [0.4, 0.5) is 0 Å². The third-order valence-electron chi connectivity index (χ3n) is 4.03. The van der Waals surface area contributed by atoms with Gasteiger partial charge in [-0.3, -0.25) is 4.79 Å². The number of fused-ring (bicyclic) bond motifs is 1. The first-order valence-electron chi connectivity index (χ1n) is 7.94. The molecule has 0 bridgehead atoms. The smallest absolute Gasteiger partial charge is 0.307 e. The Morgan fingerprint density at radius 2 is 1.88 bits per heavy atom. The van der Waals surface area contributed by atoms with Crippen LogP contribution in [0.15, 0.2) is 57.8 Å². The van der Waals surface area contributed by atoms with Gasteiger partial charge in [0.15, 0.2) is 0 Å². The third-order valence-corrected chi connectivity index (χ3v) is 5.37. The molecule has 26 heavy (non-hydrogen) atoms. The number of esters is 1. The number of phenols is 1. The summed E-state index contributed by atoms with van der Waals surface area (Å²) < 4.78 is 32.9. The Bertz CT molecular complexity index is 952. The van der Waals surface area contributed by atoms with Crippen molar-refractivity contribution < 1.29 is 23.1 Å². The number of carbonyl (C=O) groups excluding carboxylic acids is 1. The molecule has 0 aliphatic carbocycles. The van der Waals surface area contributed by atoms with Gasteiger partial charge in [-0.2, -0.15) is 8.42 Å². The summed E-state index contributed by atoms with van der Waals surface area (Å²) in [5.74, 6) is -0.0595. The van der Waals surface area contributed by atoms with E-state index in [1.807, 2.05) is 0 Å². The largest absolute Gasteiger partial charge is 0.508 e. The number of methoxy groups -OCH3 is 1. The van der Waals surface area contributed by atoms with Crippen molar-refractivity contribution in [3.63, 3.8) is 0 Å². The summed E-state index contributed by atoms with van der Waals surface area (Å²) in [5.41, 5.74) is 1.35. The number of hydrogen-bond donors (Lipinski definition) is 2.